The van der Waals surface area contributed by atoms with Crippen LogP contribution in [0.1, 0.15) is 25.3 Å². The monoisotopic (exact) mass is 376 g/mol. The van der Waals surface area contributed by atoms with Crippen molar-refractivity contribution in [2.75, 3.05) is 23.7 Å². The fourth-order valence-electron chi connectivity index (χ4n) is 3.36. The van der Waals surface area contributed by atoms with Crippen LogP contribution in [0, 0.1) is 17.2 Å². The van der Waals surface area contributed by atoms with Crippen molar-refractivity contribution in [2.45, 2.75) is 25.8 Å². The molecule has 1 fully saturated rings. The maximum Gasteiger partial charge on any atom is 0.241 e. The molecule has 0 saturated carbocycles. The fraction of sp³-hybridized carbons (Fsp3) is 0.318. The van der Waals surface area contributed by atoms with Crippen LogP contribution < -0.4 is 10.6 Å². The van der Waals surface area contributed by atoms with Crippen LogP contribution in [0.4, 0.5) is 11.4 Å². The van der Waals surface area contributed by atoms with Gasteiger partial charge in [0.25, 0.3) is 0 Å². The number of amides is 2. The molecule has 1 heterocycles. The average molecular weight is 376 g/mol. The van der Waals surface area contributed by atoms with E-state index in [2.05, 4.69) is 21.6 Å². The first-order valence-corrected chi connectivity index (χ1v) is 9.48. The first-order chi connectivity index (χ1) is 13.6. The normalized spacial score (nSPS) is 16.0. The summed E-state index contributed by atoms with van der Waals surface area (Å²) in [5.74, 6) is -0.0809. The Hall–Kier alpha value is -3.17. The average Bonchev–Trinajstić information content (AvgIpc) is 2.74. The molecule has 0 radical (unpaired) electrons. The topological polar surface area (TPSA) is 85.2 Å². The molecular weight excluding hydrogens is 352 g/mol. The number of carbonyl (C=O) groups excluding carboxylic acids is 2. The minimum absolute atomic E-state index is 0.0368. The van der Waals surface area contributed by atoms with Crippen LogP contribution in [-0.4, -0.2) is 35.8 Å². The van der Waals surface area contributed by atoms with Gasteiger partial charge in [0, 0.05) is 17.3 Å². The molecule has 0 aliphatic carbocycles. The summed E-state index contributed by atoms with van der Waals surface area (Å²) in [5, 5.41) is 14.7. The van der Waals surface area contributed by atoms with E-state index < -0.39 is 0 Å². The molecule has 6 heteroatoms. The number of benzene rings is 2. The van der Waals surface area contributed by atoms with Gasteiger partial charge in [-0.1, -0.05) is 18.2 Å². The van der Waals surface area contributed by atoms with E-state index in [1.54, 1.807) is 24.3 Å². The van der Waals surface area contributed by atoms with Crippen LogP contribution in [-0.2, 0) is 9.59 Å². The maximum atomic E-state index is 12.5. The predicted octanol–water partition coefficient (Wildman–Crippen LogP) is 3.24. The molecule has 2 aromatic rings. The number of nitrogens with zero attached hydrogens (tertiary/aromatic N) is 2. The minimum Gasteiger partial charge on any atom is -0.326 e. The standard InChI is InChI=1S/C22H24N4O2/c1-16(21(27)24-20-9-7-17(15-23)8-10-20)26-13-11-18(12-14-26)22(28)25-19-5-3-2-4-6-19/h2-10,16,18H,11-14H2,1H3,(H,24,27)(H,25,28)/t16-/m0/s1. The molecule has 0 unspecified atom stereocenters. The van der Waals surface area contributed by atoms with Gasteiger partial charge in [0.15, 0.2) is 0 Å². The molecule has 1 aliphatic rings. The van der Waals surface area contributed by atoms with E-state index >= 15 is 0 Å². The lowest BCUT2D eigenvalue weighted by Gasteiger charge is -2.34. The van der Waals surface area contributed by atoms with Gasteiger partial charge in [0.05, 0.1) is 17.7 Å². The summed E-state index contributed by atoms with van der Waals surface area (Å²) < 4.78 is 0. The summed E-state index contributed by atoms with van der Waals surface area (Å²) >= 11 is 0. The molecule has 0 spiro atoms. The summed E-state index contributed by atoms with van der Waals surface area (Å²) in [4.78, 5) is 27.1. The Morgan fingerprint density at radius 2 is 1.61 bits per heavy atom. The van der Waals surface area contributed by atoms with E-state index in [9.17, 15) is 9.59 Å². The second-order valence-electron chi connectivity index (χ2n) is 7.02. The van der Waals surface area contributed by atoms with Crippen molar-refractivity contribution >= 4 is 23.2 Å². The molecule has 1 aliphatic heterocycles. The van der Waals surface area contributed by atoms with Gasteiger partial charge in [0.1, 0.15) is 0 Å². The van der Waals surface area contributed by atoms with Gasteiger partial charge in [-0.15, -0.1) is 0 Å². The van der Waals surface area contributed by atoms with Crippen LogP contribution in [0.3, 0.4) is 0 Å². The SMILES string of the molecule is C[C@@H](C(=O)Nc1ccc(C#N)cc1)N1CCC(C(=O)Nc2ccccc2)CC1. The van der Waals surface area contributed by atoms with Crippen molar-refractivity contribution in [3.8, 4) is 6.07 Å². The molecule has 0 bridgehead atoms. The number of hydrogen-bond acceptors (Lipinski definition) is 4. The Morgan fingerprint density at radius 3 is 2.21 bits per heavy atom. The van der Waals surface area contributed by atoms with Crippen molar-refractivity contribution in [3.63, 3.8) is 0 Å². The van der Waals surface area contributed by atoms with E-state index in [0.29, 0.717) is 24.3 Å². The zero-order valence-corrected chi connectivity index (χ0v) is 15.9. The van der Waals surface area contributed by atoms with Crippen LogP contribution >= 0.6 is 0 Å². The van der Waals surface area contributed by atoms with Crippen LogP contribution in [0.5, 0.6) is 0 Å². The molecule has 6 nitrogen and oxygen atoms in total. The van der Waals surface area contributed by atoms with Gasteiger partial charge < -0.3 is 10.6 Å². The van der Waals surface area contributed by atoms with E-state index in [4.69, 9.17) is 5.26 Å². The second-order valence-corrected chi connectivity index (χ2v) is 7.02. The number of rotatable bonds is 5. The molecule has 3 rings (SSSR count). The lowest BCUT2D eigenvalue weighted by atomic mass is 9.94. The third kappa shape index (κ3) is 4.96. The van der Waals surface area contributed by atoms with Crippen LogP contribution in [0.2, 0.25) is 0 Å². The van der Waals surface area contributed by atoms with E-state index in [0.717, 1.165) is 18.5 Å². The van der Waals surface area contributed by atoms with Gasteiger partial charge in [0.2, 0.25) is 11.8 Å². The Bertz CT molecular complexity index is 850. The van der Waals surface area contributed by atoms with Crippen LogP contribution in [0.15, 0.2) is 54.6 Å². The third-order valence-electron chi connectivity index (χ3n) is 5.15. The number of piperidine rings is 1. The van der Waals surface area contributed by atoms with Crippen LogP contribution in [0.25, 0.3) is 0 Å². The number of carbonyl (C=O) groups is 2. The Morgan fingerprint density at radius 1 is 1.00 bits per heavy atom. The molecule has 2 amide bonds. The molecule has 1 atom stereocenters. The zero-order chi connectivity index (χ0) is 19.9. The summed E-state index contributed by atoms with van der Waals surface area (Å²) in [7, 11) is 0. The van der Waals surface area contributed by atoms with Gasteiger partial charge in [-0.2, -0.15) is 5.26 Å². The number of anilines is 2. The van der Waals surface area contributed by atoms with Gasteiger partial charge in [-0.3, -0.25) is 14.5 Å². The Kier molecular flexibility index (Phi) is 6.41. The quantitative estimate of drug-likeness (QED) is 0.839. The van der Waals surface area contributed by atoms with E-state index in [1.807, 2.05) is 37.3 Å². The van der Waals surface area contributed by atoms with Crippen molar-refractivity contribution in [3.05, 3.63) is 60.2 Å². The zero-order valence-electron chi connectivity index (χ0n) is 15.9. The number of hydrogen-bond donors (Lipinski definition) is 2. The van der Waals surface area contributed by atoms with Gasteiger partial charge >= 0.3 is 0 Å². The summed E-state index contributed by atoms with van der Waals surface area (Å²) in [6.07, 6.45) is 1.46. The van der Waals surface area contributed by atoms with Gasteiger partial charge in [-0.25, -0.2) is 0 Å². The maximum absolute atomic E-state index is 12.5. The van der Waals surface area contributed by atoms with Crippen molar-refractivity contribution < 1.29 is 9.59 Å². The number of nitrogens with one attached hydrogen (secondary N) is 2. The minimum atomic E-state index is -0.284. The predicted molar refractivity (Wildman–Crippen MR) is 109 cm³/mol. The number of likely N-dealkylation sites (tertiary alicyclic amines) is 1. The lowest BCUT2D eigenvalue weighted by Crippen LogP contribution is -2.47. The molecule has 144 valence electrons. The largest absolute Gasteiger partial charge is 0.326 e. The van der Waals surface area contributed by atoms with Crippen molar-refractivity contribution in [1.82, 2.24) is 4.90 Å². The highest BCUT2D eigenvalue weighted by molar-refractivity contribution is 5.95. The third-order valence-corrected chi connectivity index (χ3v) is 5.15. The van der Waals surface area contributed by atoms with Crippen molar-refractivity contribution in [1.29, 1.82) is 5.26 Å². The summed E-state index contributed by atoms with van der Waals surface area (Å²) in [5.41, 5.74) is 2.04. The molecular formula is C22H24N4O2. The van der Waals surface area contributed by atoms with Crippen molar-refractivity contribution in [2.24, 2.45) is 5.92 Å². The van der Waals surface area contributed by atoms with E-state index in [1.165, 1.54) is 0 Å². The summed E-state index contributed by atoms with van der Waals surface area (Å²) in [6.45, 7) is 3.28. The number of para-hydroxylation sites is 1. The highest BCUT2D eigenvalue weighted by Gasteiger charge is 2.29. The Labute approximate surface area is 165 Å². The molecule has 1 saturated heterocycles. The highest BCUT2D eigenvalue weighted by atomic mass is 16.2. The number of nitriles is 1. The van der Waals surface area contributed by atoms with Gasteiger partial charge in [-0.05, 0) is 69.3 Å². The lowest BCUT2D eigenvalue weighted by molar-refractivity contribution is -0.123. The summed E-state index contributed by atoms with van der Waals surface area (Å²) in [6, 6.07) is 18.0. The van der Waals surface area contributed by atoms with E-state index in [-0.39, 0.29) is 23.8 Å². The molecule has 0 aromatic heterocycles. The first-order valence-electron chi connectivity index (χ1n) is 9.48. The smallest absolute Gasteiger partial charge is 0.241 e. The molecule has 28 heavy (non-hydrogen) atoms. The Balaban J connectivity index is 1.48. The first kappa shape index (κ1) is 19.6. The highest BCUT2D eigenvalue weighted by Crippen LogP contribution is 2.21. The molecule has 2 N–H and O–H groups in total. The molecule has 2 aromatic carbocycles. The second kappa shape index (κ2) is 9.16. The fourth-order valence-corrected chi connectivity index (χ4v) is 3.36.